The third kappa shape index (κ3) is 4.62. The van der Waals surface area contributed by atoms with Gasteiger partial charge >= 0.3 is 5.97 Å². The molecule has 1 aliphatic carbocycles. The number of likely N-dealkylation sites (N-methyl/N-ethyl adjacent to an activating group) is 1. The summed E-state index contributed by atoms with van der Waals surface area (Å²) in [5.74, 6) is -4.15. The maximum atomic E-state index is 13.6. The second kappa shape index (κ2) is 9.90. The van der Waals surface area contributed by atoms with Crippen LogP contribution in [0.5, 0.6) is 0 Å². The van der Waals surface area contributed by atoms with Crippen molar-refractivity contribution in [3.8, 4) is 6.07 Å². The molecule has 2 fully saturated rings. The fourth-order valence-corrected chi connectivity index (χ4v) is 7.06. The largest absolute Gasteiger partial charge is 0.449 e. The van der Waals surface area contributed by atoms with Crippen molar-refractivity contribution in [1.29, 1.82) is 5.26 Å². The minimum Gasteiger partial charge on any atom is -0.449 e. The summed E-state index contributed by atoms with van der Waals surface area (Å²) in [6.07, 6.45) is -0.790. The number of carbonyl (C=O) groups is 3. The lowest BCUT2D eigenvalue weighted by atomic mass is 9.76. The molecule has 0 spiro atoms. The number of sulfone groups is 1. The van der Waals surface area contributed by atoms with Crippen LogP contribution in [0.4, 0.5) is 0 Å². The quantitative estimate of drug-likeness (QED) is 0.429. The molecule has 2 amide bonds. The van der Waals surface area contributed by atoms with E-state index in [-0.39, 0.29) is 11.3 Å². The van der Waals surface area contributed by atoms with Gasteiger partial charge in [0.2, 0.25) is 11.8 Å². The molecular weight excluding hydrogens is 484 g/mol. The number of rotatable bonds is 6. The summed E-state index contributed by atoms with van der Waals surface area (Å²) < 4.78 is 32.1. The van der Waals surface area contributed by atoms with Crippen molar-refractivity contribution in [3.63, 3.8) is 0 Å². The van der Waals surface area contributed by atoms with Gasteiger partial charge < -0.3 is 20.3 Å². The molecule has 1 saturated heterocycles. The van der Waals surface area contributed by atoms with Crippen LogP contribution in [-0.2, 0) is 29.0 Å². The van der Waals surface area contributed by atoms with Crippen LogP contribution >= 0.6 is 11.6 Å². The number of piperazine rings is 1. The van der Waals surface area contributed by atoms with Crippen LogP contribution in [0.1, 0.15) is 18.4 Å². The van der Waals surface area contributed by atoms with Crippen molar-refractivity contribution >= 4 is 39.2 Å². The summed E-state index contributed by atoms with van der Waals surface area (Å²) in [7, 11) is -2.16. The van der Waals surface area contributed by atoms with Crippen molar-refractivity contribution in [2.45, 2.75) is 29.9 Å². The molecule has 0 bridgehead atoms. The standard InChI is InChI=1S/C22H27ClN4O6S/c1-14-11-15(23)3-4-18(14)34(31,32)16-12-17(19(28)27-8-6-26(2)7-9-27)22(13-16,20(25)29)21(30)33-10-5-24/h3-4,11,16-17H,6-10,12-13H2,1-2H3,(H2,25,29)/t16-,17+,22-/m1/s1. The zero-order chi connectivity index (χ0) is 25.3. The molecule has 12 heteroatoms. The Labute approximate surface area is 203 Å². The first-order valence-corrected chi connectivity index (χ1v) is 12.7. The molecule has 1 aromatic rings. The molecule has 3 rings (SSSR count). The summed E-state index contributed by atoms with van der Waals surface area (Å²) in [6, 6.07) is 5.94. The van der Waals surface area contributed by atoms with Gasteiger partial charge in [-0.15, -0.1) is 0 Å². The summed E-state index contributed by atoms with van der Waals surface area (Å²) in [6.45, 7) is 2.84. The number of aryl methyl sites for hydroxylation is 1. The predicted molar refractivity (Wildman–Crippen MR) is 122 cm³/mol. The zero-order valence-corrected chi connectivity index (χ0v) is 20.6. The number of amides is 2. The number of benzene rings is 1. The lowest BCUT2D eigenvalue weighted by Crippen LogP contribution is -2.55. The van der Waals surface area contributed by atoms with E-state index in [1.165, 1.54) is 23.1 Å². The second-order valence-corrected chi connectivity index (χ2v) is 11.4. The van der Waals surface area contributed by atoms with E-state index in [4.69, 9.17) is 27.3 Å². The van der Waals surface area contributed by atoms with Crippen LogP contribution < -0.4 is 5.73 Å². The normalized spacial score (nSPS) is 25.5. The molecule has 1 aliphatic heterocycles. The maximum Gasteiger partial charge on any atom is 0.323 e. The molecule has 1 saturated carbocycles. The number of ether oxygens (including phenoxy) is 1. The lowest BCUT2D eigenvalue weighted by Gasteiger charge is -2.37. The van der Waals surface area contributed by atoms with Crippen LogP contribution in [0.3, 0.4) is 0 Å². The van der Waals surface area contributed by atoms with E-state index in [1.807, 2.05) is 11.9 Å². The van der Waals surface area contributed by atoms with Gasteiger partial charge in [-0.05, 0) is 50.6 Å². The van der Waals surface area contributed by atoms with Crippen LogP contribution in [0.25, 0.3) is 0 Å². The van der Waals surface area contributed by atoms with Crippen LogP contribution in [0, 0.1) is 29.6 Å². The van der Waals surface area contributed by atoms with E-state index in [9.17, 15) is 22.8 Å². The molecule has 0 aromatic heterocycles. The highest BCUT2D eigenvalue weighted by Gasteiger charge is 2.64. The van der Waals surface area contributed by atoms with Crippen LogP contribution in [0.15, 0.2) is 23.1 Å². The number of halogens is 1. The lowest BCUT2D eigenvalue weighted by molar-refractivity contribution is -0.167. The third-order valence-electron chi connectivity index (χ3n) is 6.71. The number of esters is 1. The van der Waals surface area contributed by atoms with Gasteiger partial charge in [0, 0.05) is 31.2 Å². The van der Waals surface area contributed by atoms with E-state index >= 15 is 0 Å². The highest BCUT2D eigenvalue weighted by atomic mass is 35.5. The van der Waals surface area contributed by atoms with Gasteiger partial charge in [-0.2, -0.15) is 5.26 Å². The van der Waals surface area contributed by atoms with Gasteiger partial charge in [0.05, 0.1) is 16.1 Å². The Morgan fingerprint density at radius 1 is 1.26 bits per heavy atom. The number of hydrogen-bond donors (Lipinski definition) is 1. The molecule has 3 atom stereocenters. The number of hydrogen-bond acceptors (Lipinski definition) is 8. The fraction of sp³-hybridized carbons (Fsp3) is 0.545. The predicted octanol–water partition coefficient (Wildman–Crippen LogP) is 0.513. The minimum absolute atomic E-state index is 0.00152. The van der Waals surface area contributed by atoms with Crippen LogP contribution in [0.2, 0.25) is 5.02 Å². The van der Waals surface area contributed by atoms with E-state index in [2.05, 4.69) is 0 Å². The fourth-order valence-electron chi connectivity index (χ4n) is 4.78. The topological polar surface area (TPSA) is 151 Å². The molecule has 10 nitrogen and oxygen atoms in total. The third-order valence-corrected chi connectivity index (χ3v) is 9.25. The Morgan fingerprint density at radius 2 is 1.91 bits per heavy atom. The second-order valence-electron chi connectivity index (χ2n) is 8.77. The van der Waals surface area contributed by atoms with Crippen molar-refractivity contribution in [2.24, 2.45) is 17.1 Å². The van der Waals surface area contributed by atoms with Gasteiger partial charge in [-0.25, -0.2) is 8.42 Å². The molecule has 184 valence electrons. The SMILES string of the molecule is Cc1cc(Cl)ccc1S(=O)(=O)[C@@H]1C[C@@H](C(=O)N2CCN(C)CC2)[C@](C(N)=O)(C(=O)OCC#N)C1. The summed E-state index contributed by atoms with van der Waals surface area (Å²) in [4.78, 5) is 42.9. The average molecular weight is 511 g/mol. The van der Waals surface area contributed by atoms with Crippen LogP contribution in [-0.4, -0.2) is 81.1 Å². The summed E-state index contributed by atoms with van der Waals surface area (Å²) in [5.41, 5.74) is 3.87. The molecule has 34 heavy (non-hydrogen) atoms. The number of carbonyl (C=O) groups excluding carboxylic acids is 3. The summed E-state index contributed by atoms with van der Waals surface area (Å²) in [5, 5.41) is 7.96. The first-order chi connectivity index (χ1) is 15.9. The van der Waals surface area contributed by atoms with E-state index in [0.29, 0.717) is 36.8 Å². The molecule has 1 aromatic carbocycles. The summed E-state index contributed by atoms with van der Waals surface area (Å²) >= 11 is 5.97. The molecular formula is C22H27ClN4O6S. The van der Waals surface area contributed by atoms with Gasteiger partial charge in [0.1, 0.15) is 6.07 Å². The first kappa shape index (κ1) is 25.9. The molecule has 2 aliphatic rings. The number of nitriles is 1. The number of nitrogens with two attached hydrogens (primary N) is 1. The Kier molecular flexibility index (Phi) is 7.55. The van der Waals surface area contributed by atoms with Gasteiger partial charge in [0.15, 0.2) is 21.9 Å². The van der Waals surface area contributed by atoms with Crippen molar-refractivity contribution < 1.29 is 27.5 Å². The average Bonchev–Trinajstić information content (AvgIpc) is 3.20. The highest BCUT2D eigenvalue weighted by Crippen LogP contribution is 2.49. The monoisotopic (exact) mass is 510 g/mol. The van der Waals surface area contributed by atoms with E-state index < -0.39 is 57.2 Å². The minimum atomic E-state index is -4.07. The zero-order valence-electron chi connectivity index (χ0n) is 19.0. The Hall–Kier alpha value is -2.68. The van der Waals surface area contributed by atoms with E-state index in [0.717, 1.165) is 0 Å². The van der Waals surface area contributed by atoms with Gasteiger partial charge in [-0.3, -0.25) is 14.4 Å². The Bertz CT molecular complexity index is 1140. The molecule has 1 heterocycles. The Morgan fingerprint density at radius 3 is 2.47 bits per heavy atom. The van der Waals surface area contributed by atoms with Crippen molar-refractivity contribution in [2.75, 3.05) is 39.8 Å². The number of nitrogens with zero attached hydrogens (tertiary/aromatic N) is 3. The van der Waals surface area contributed by atoms with Crippen molar-refractivity contribution in [1.82, 2.24) is 9.80 Å². The first-order valence-electron chi connectivity index (χ1n) is 10.8. The molecule has 0 radical (unpaired) electrons. The van der Waals surface area contributed by atoms with Crippen molar-refractivity contribution in [3.05, 3.63) is 28.8 Å². The maximum absolute atomic E-state index is 13.6. The Balaban J connectivity index is 2.05. The molecule has 0 unspecified atom stereocenters. The van der Waals surface area contributed by atoms with Gasteiger partial charge in [-0.1, -0.05) is 11.6 Å². The molecule has 2 N–H and O–H groups in total. The van der Waals surface area contributed by atoms with E-state index in [1.54, 1.807) is 13.0 Å². The van der Waals surface area contributed by atoms with Gasteiger partial charge in [0.25, 0.3) is 0 Å². The number of primary amides is 1. The highest BCUT2D eigenvalue weighted by molar-refractivity contribution is 7.92. The smallest absolute Gasteiger partial charge is 0.323 e.